The van der Waals surface area contributed by atoms with E-state index in [1.54, 1.807) is 31.4 Å². The molecule has 0 aromatic heterocycles. The number of rotatable bonds is 8. The lowest BCUT2D eigenvalue weighted by Crippen LogP contribution is -2.39. The third kappa shape index (κ3) is 4.45. The van der Waals surface area contributed by atoms with Gasteiger partial charge in [0.05, 0.1) is 18.6 Å². The van der Waals surface area contributed by atoms with E-state index in [1.807, 2.05) is 19.1 Å². The summed E-state index contributed by atoms with van der Waals surface area (Å²) in [5.41, 5.74) is 1.00. The van der Waals surface area contributed by atoms with Crippen molar-refractivity contribution in [2.75, 3.05) is 20.3 Å². The van der Waals surface area contributed by atoms with Gasteiger partial charge in [-0.15, -0.1) is 0 Å². The van der Waals surface area contributed by atoms with E-state index in [2.05, 4.69) is 16.9 Å². The van der Waals surface area contributed by atoms with Gasteiger partial charge >= 0.3 is 0 Å². The Balaban J connectivity index is 1.76. The highest BCUT2D eigenvalue weighted by atomic mass is 32.2. The van der Waals surface area contributed by atoms with Crippen LogP contribution in [0.1, 0.15) is 38.2 Å². The van der Waals surface area contributed by atoms with Crippen molar-refractivity contribution in [3.05, 3.63) is 54.1 Å². The molecule has 0 radical (unpaired) electrons. The maximum absolute atomic E-state index is 12.8. The number of ether oxygens (including phenoxy) is 2. The van der Waals surface area contributed by atoms with Gasteiger partial charge in [0.2, 0.25) is 10.0 Å². The van der Waals surface area contributed by atoms with Crippen molar-refractivity contribution in [3.63, 3.8) is 0 Å². The van der Waals surface area contributed by atoms with Gasteiger partial charge < -0.3 is 9.47 Å². The van der Waals surface area contributed by atoms with Gasteiger partial charge in [0.25, 0.3) is 0 Å². The molecule has 2 aromatic carbocycles. The molecule has 146 valence electrons. The monoisotopic (exact) mass is 389 g/mol. The predicted octanol–water partition coefficient (Wildman–Crippen LogP) is 3.88. The Morgan fingerprint density at radius 3 is 2.11 bits per heavy atom. The number of methoxy groups -OCH3 is 1. The summed E-state index contributed by atoms with van der Waals surface area (Å²) in [6.45, 7) is 2.84. The molecule has 1 aliphatic rings. The molecular formula is C21H27NO4S. The van der Waals surface area contributed by atoms with Crippen molar-refractivity contribution in [1.29, 1.82) is 0 Å². The molecule has 0 spiro atoms. The van der Waals surface area contributed by atoms with Crippen molar-refractivity contribution >= 4 is 10.0 Å². The first-order valence-electron chi connectivity index (χ1n) is 9.36. The number of benzene rings is 2. The van der Waals surface area contributed by atoms with E-state index >= 15 is 0 Å². The fourth-order valence-electron chi connectivity index (χ4n) is 3.76. The van der Waals surface area contributed by atoms with Crippen LogP contribution in [0.2, 0.25) is 0 Å². The highest BCUT2D eigenvalue weighted by molar-refractivity contribution is 7.89. The Morgan fingerprint density at radius 2 is 1.56 bits per heavy atom. The lowest BCUT2D eigenvalue weighted by Gasteiger charge is -2.30. The summed E-state index contributed by atoms with van der Waals surface area (Å²) >= 11 is 0. The molecule has 0 heterocycles. The minimum absolute atomic E-state index is 0.162. The number of hydrogen-bond acceptors (Lipinski definition) is 4. The fraction of sp³-hybridized carbons (Fsp3) is 0.429. The zero-order chi connectivity index (χ0) is 19.3. The maximum atomic E-state index is 12.8. The summed E-state index contributed by atoms with van der Waals surface area (Å²) in [5.74, 6) is 1.48. The summed E-state index contributed by atoms with van der Waals surface area (Å²) in [7, 11) is -1.92. The molecule has 6 heteroatoms. The maximum Gasteiger partial charge on any atom is 0.240 e. The van der Waals surface area contributed by atoms with Crippen LogP contribution in [0.5, 0.6) is 11.5 Å². The zero-order valence-corrected chi connectivity index (χ0v) is 16.7. The summed E-state index contributed by atoms with van der Waals surface area (Å²) in [4.78, 5) is 0.258. The quantitative estimate of drug-likeness (QED) is 0.744. The first-order chi connectivity index (χ1) is 13.0. The number of sulfonamides is 1. The second-order valence-electron chi connectivity index (χ2n) is 6.94. The van der Waals surface area contributed by atoms with E-state index in [4.69, 9.17) is 9.47 Å². The zero-order valence-electron chi connectivity index (χ0n) is 15.9. The summed E-state index contributed by atoms with van der Waals surface area (Å²) in [5, 5.41) is 0. The predicted molar refractivity (Wildman–Crippen MR) is 106 cm³/mol. The molecule has 0 atom stereocenters. The molecule has 2 aromatic rings. The van der Waals surface area contributed by atoms with Crippen molar-refractivity contribution < 1.29 is 17.9 Å². The molecule has 1 aliphatic carbocycles. The number of nitrogens with one attached hydrogen (secondary N) is 1. The van der Waals surface area contributed by atoms with E-state index < -0.39 is 10.0 Å². The second kappa shape index (κ2) is 8.31. The molecular weight excluding hydrogens is 362 g/mol. The molecule has 0 saturated heterocycles. The Kier molecular flexibility index (Phi) is 6.07. The van der Waals surface area contributed by atoms with E-state index in [0.29, 0.717) is 18.9 Å². The van der Waals surface area contributed by atoms with Gasteiger partial charge in [-0.25, -0.2) is 13.1 Å². The molecule has 1 fully saturated rings. The highest BCUT2D eigenvalue weighted by Crippen LogP contribution is 2.41. The van der Waals surface area contributed by atoms with Crippen LogP contribution in [0, 0.1) is 0 Å². The fourth-order valence-corrected chi connectivity index (χ4v) is 4.89. The first kappa shape index (κ1) is 19.7. The van der Waals surface area contributed by atoms with E-state index in [-0.39, 0.29) is 10.3 Å². The standard InChI is InChI=1S/C21H27NO4S/c1-3-26-19-10-12-20(13-11-19)27(23,24)22-16-21(14-4-5-15-21)17-6-8-18(25-2)9-7-17/h6-13,22H,3-5,14-16H2,1-2H3. The first-order valence-corrected chi connectivity index (χ1v) is 10.8. The van der Waals surface area contributed by atoms with Crippen LogP contribution in [0.4, 0.5) is 0 Å². The molecule has 0 unspecified atom stereocenters. The van der Waals surface area contributed by atoms with E-state index in [1.165, 1.54) is 0 Å². The summed E-state index contributed by atoms with van der Waals surface area (Å²) in [6, 6.07) is 14.5. The van der Waals surface area contributed by atoms with Gasteiger partial charge in [-0.3, -0.25) is 0 Å². The molecule has 1 N–H and O–H groups in total. The Hall–Kier alpha value is -2.05. The van der Waals surface area contributed by atoms with Crippen molar-refractivity contribution in [3.8, 4) is 11.5 Å². The molecule has 5 nitrogen and oxygen atoms in total. The molecule has 27 heavy (non-hydrogen) atoms. The van der Waals surface area contributed by atoms with Gasteiger partial charge in [0.15, 0.2) is 0 Å². The minimum atomic E-state index is -3.57. The average molecular weight is 390 g/mol. The van der Waals surface area contributed by atoms with Crippen molar-refractivity contribution in [2.45, 2.75) is 42.9 Å². The van der Waals surface area contributed by atoms with E-state index in [0.717, 1.165) is 37.0 Å². The molecule has 0 amide bonds. The summed E-state index contributed by atoms with van der Waals surface area (Å²) < 4.78 is 39.0. The normalized spacial score (nSPS) is 16.2. The van der Waals surface area contributed by atoms with E-state index in [9.17, 15) is 8.42 Å². The second-order valence-corrected chi connectivity index (χ2v) is 8.71. The van der Waals surface area contributed by atoms with Gasteiger partial charge in [-0.05, 0) is 61.7 Å². The minimum Gasteiger partial charge on any atom is -0.497 e. The van der Waals surface area contributed by atoms with Gasteiger partial charge in [0.1, 0.15) is 11.5 Å². The Labute approximate surface area is 161 Å². The largest absolute Gasteiger partial charge is 0.497 e. The van der Waals surface area contributed by atoms with Crippen LogP contribution in [0.3, 0.4) is 0 Å². The average Bonchev–Trinajstić information content (AvgIpc) is 3.18. The topological polar surface area (TPSA) is 64.6 Å². The van der Waals surface area contributed by atoms with Crippen LogP contribution in [0.15, 0.2) is 53.4 Å². The van der Waals surface area contributed by atoms with Crippen molar-refractivity contribution in [1.82, 2.24) is 4.72 Å². The van der Waals surface area contributed by atoms with Gasteiger partial charge in [-0.1, -0.05) is 25.0 Å². The molecule has 0 bridgehead atoms. The SMILES string of the molecule is CCOc1ccc(S(=O)(=O)NCC2(c3ccc(OC)cc3)CCCC2)cc1. The Morgan fingerprint density at radius 1 is 0.963 bits per heavy atom. The smallest absolute Gasteiger partial charge is 0.240 e. The van der Waals surface area contributed by atoms with Gasteiger partial charge in [0, 0.05) is 12.0 Å². The number of hydrogen-bond donors (Lipinski definition) is 1. The van der Waals surface area contributed by atoms with Crippen LogP contribution < -0.4 is 14.2 Å². The molecule has 3 rings (SSSR count). The van der Waals surface area contributed by atoms with Crippen molar-refractivity contribution in [2.24, 2.45) is 0 Å². The van der Waals surface area contributed by atoms with Gasteiger partial charge in [-0.2, -0.15) is 0 Å². The van der Waals surface area contributed by atoms with Crippen LogP contribution in [0.25, 0.3) is 0 Å². The lowest BCUT2D eigenvalue weighted by atomic mass is 9.79. The van der Waals surface area contributed by atoms with Crippen LogP contribution in [-0.4, -0.2) is 28.7 Å². The summed E-state index contributed by atoms with van der Waals surface area (Å²) in [6.07, 6.45) is 4.17. The van der Waals surface area contributed by atoms with Crippen LogP contribution in [-0.2, 0) is 15.4 Å². The third-order valence-corrected chi connectivity index (χ3v) is 6.73. The molecule has 1 saturated carbocycles. The highest BCUT2D eigenvalue weighted by Gasteiger charge is 2.36. The Bertz CT molecular complexity index is 839. The molecule has 0 aliphatic heterocycles. The van der Waals surface area contributed by atoms with Crippen LogP contribution >= 0.6 is 0 Å². The third-order valence-electron chi connectivity index (χ3n) is 5.31. The lowest BCUT2D eigenvalue weighted by molar-refractivity contribution is 0.340.